The molecule has 0 atom stereocenters. The van der Waals surface area contributed by atoms with Crippen LogP contribution in [0.2, 0.25) is 0 Å². The molecule has 4 heteroatoms. The van der Waals surface area contributed by atoms with Crippen molar-refractivity contribution >= 4 is 24.8 Å². The average Bonchev–Trinajstić information content (AvgIpc) is 2.02. The summed E-state index contributed by atoms with van der Waals surface area (Å²) in [4.78, 5) is 10.7. The van der Waals surface area contributed by atoms with Crippen LogP contribution in [-0.4, -0.2) is 35.0 Å². The Morgan fingerprint density at radius 1 is 1.27 bits per heavy atom. The SMILES string of the molecule is CC(C)(C)c1ccc(O)c(C(=O)O)c1.[LiH]. The van der Waals surface area contributed by atoms with Gasteiger partial charge in [0.15, 0.2) is 0 Å². The fourth-order valence-electron chi connectivity index (χ4n) is 1.17. The Morgan fingerprint density at radius 3 is 2.20 bits per heavy atom. The first-order valence-electron chi connectivity index (χ1n) is 4.39. The number of hydrogen-bond acceptors (Lipinski definition) is 2. The summed E-state index contributed by atoms with van der Waals surface area (Å²) in [5, 5.41) is 18.1. The van der Waals surface area contributed by atoms with Gasteiger partial charge in [0.1, 0.15) is 11.3 Å². The van der Waals surface area contributed by atoms with Crippen LogP contribution in [0.25, 0.3) is 0 Å². The third-order valence-corrected chi connectivity index (χ3v) is 2.09. The number of rotatable bonds is 1. The number of carbonyl (C=O) groups is 1. The van der Waals surface area contributed by atoms with Crippen molar-refractivity contribution in [3.63, 3.8) is 0 Å². The van der Waals surface area contributed by atoms with E-state index in [1.807, 2.05) is 20.8 Å². The van der Waals surface area contributed by atoms with Crippen LogP contribution in [0.5, 0.6) is 5.75 Å². The molecule has 0 aliphatic carbocycles. The molecule has 0 saturated carbocycles. The van der Waals surface area contributed by atoms with E-state index in [0.717, 1.165) is 5.56 Å². The van der Waals surface area contributed by atoms with Gasteiger partial charge in [0.25, 0.3) is 0 Å². The molecule has 0 aliphatic heterocycles. The van der Waals surface area contributed by atoms with Gasteiger partial charge >= 0.3 is 24.8 Å². The maximum absolute atomic E-state index is 10.7. The molecule has 0 heterocycles. The van der Waals surface area contributed by atoms with E-state index in [1.54, 1.807) is 6.07 Å². The van der Waals surface area contributed by atoms with E-state index in [9.17, 15) is 9.90 Å². The van der Waals surface area contributed by atoms with E-state index in [4.69, 9.17) is 5.11 Å². The predicted molar refractivity (Wildman–Crippen MR) is 60.9 cm³/mol. The van der Waals surface area contributed by atoms with Crippen molar-refractivity contribution in [3.8, 4) is 5.75 Å². The second-order valence-corrected chi connectivity index (χ2v) is 4.29. The molecule has 1 aromatic rings. The van der Waals surface area contributed by atoms with Crippen molar-refractivity contribution in [2.45, 2.75) is 26.2 Å². The molecule has 1 rings (SSSR count). The topological polar surface area (TPSA) is 57.5 Å². The molecule has 0 spiro atoms. The van der Waals surface area contributed by atoms with Crippen molar-refractivity contribution in [1.29, 1.82) is 0 Å². The summed E-state index contributed by atoms with van der Waals surface area (Å²) in [6.07, 6.45) is 0. The van der Waals surface area contributed by atoms with Gasteiger partial charge < -0.3 is 10.2 Å². The number of hydrogen-bond donors (Lipinski definition) is 2. The number of carboxylic acids is 1. The number of aromatic carboxylic acids is 1. The third-order valence-electron chi connectivity index (χ3n) is 2.09. The molecule has 3 nitrogen and oxygen atoms in total. The van der Waals surface area contributed by atoms with Gasteiger partial charge in [-0.2, -0.15) is 0 Å². The van der Waals surface area contributed by atoms with Crippen molar-refractivity contribution < 1.29 is 15.0 Å². The minimum absolute atomic E-state index is 0. The van der Waals surface area contributed by atoms with E-state index in [2.05, 4.69) is 0 Å². The Labute approximate surface area is 101 Å². The predicted octanol–water partition coefficient (Wildman–Crippen LogP) is 1.74. The number of benzene rings is 1. The summed E-state index contributed by atoms with van der Waals surface area (Å²) in [7, 11) is 0. The van der Waals surface area contributed by atoms with E-state index >= 15 is 0 Å². The van der Waals surface area contributed by atoms with E-state index in [-0.39, 0.29) is 35.6 Å². The molecule has 78 valence electrons. The average molecular weight is 202 g/mol. The summed E-state index contributed by atoms with van der Waals surface area (Å²) in [6.45, 7) is 5.97. The number of phenols is 1. The normalized spacial score (nSPS) is 10.6. The molecule has 0 aliphatic rings. The minimum atomic E-state index is -1.10. The molecule has 0 saturated heterocycles. The van der Waals surface area contributed by atoms with Gasteiger partial charge in [-0.1, -0.05) is 26.8 Å². The van der Waals surface area contributed by atoms with Crippen LogP contribution in [0.1, 0.15) is 36.7 Å². The molecule has 0 fully saturated rings. The van der Waals surface area contributed by atoms with Gasteiger partial charge in [-0.3, -0.25) is 0 Å². The van der Waals surface area contributed by atoms with Crippen LogP contribution < -0.4 is 0 Å². The fourth-order valence-corrected chi connectivity index (χ4v) is 1.17. The van der Waals surface area contributed by atoms with Gasteiger partial charge in [0.05, 0.1) is 0 Å². The molecule has 0 amide bonds. The standard InChI is InChI=1S/C11H14O3.Li.H/c1-11(2,3)7-4-5-9(12)8(6-7)10(13)14;;/h4-6,12H,1-3H3,(H,13,14);;. The molecule has 15 heavy (non-hydrogen) atoms. The van der Waals surface area contributed by atoms with Gasteiger partial charge in [-0.05, 0) is 23.1 Å². The van der Waals surface area contributed by atoms with Crippen LogP contribution in [0, 0.1) is 0 Å². The molecule has 0 aromatic heterocycles. The molecule has 0 radical (unpaired) electrons. The van der Waals surface area contributed by atoms with Gasteiger partial charge in [-0.15, -0.1) is 0 Å². The summed E-state index contributed by atoms with van der Waals surface area (Å²) in [5.41, 5.74) is 0.739. The van der Waals surface area contributed by atoms with Gasteiger partial charge in [0.2, 0.25) is 0 Å². The second-order valence-electron chi connectivity index (χ2n) is 4.29. The van der Waals surface area contributed by atoms with Crippen molar-refractivity contribution in [1.82, 2.24) is 0 Å². The maximum atomic E-state index is 10.7. The zero-order chi connectivity index (χ0) is 10.9. The first-order valence-corrected chi connectivity index (χ1v) is 4.39. The Balaban J connectivity index is 0.00000196. The Hall–Kier alpha value is -0.913. The molecule has 1 aromatic carbocycles. The Morgan fingerprint density at radius 2 is 1.80 bits per heavy atom. The Bertz CT molecular complexity index is 367. The first kappa shape index (κ1) is 14.1. The van der Waals surface area contributed by atoms with Gasteiger partial charge in [-0.25, -0.2) is 4.79 Å². The van der Waals surface area contributed by atoms with Crippen LogP contribution in [0.15, 0.2) is 18.2 Å². The van der Waals surface area contributed by atoms with Crippen LogP contribution in [0.3, 0.4) is 0 Å². The van der Waals surface area contributed by atoms with Crippen LogP contribution in [-0.2, 0) is 5.41 Å². The van der Waals surface area contributed by atoms with Crippen LogP contribution in [0.4, 0.5) is 0 Å². The summed E-state index contributed by atoms with van der Waals surface area (Å²) in [5.74, 6) is -1.29. The first-order chi connectivity index (χ1) is 6.32. The van der Waals surface area contributed by atoms with Crippen molar-refractivity contribution in [2.75, 3.05) is 0 Å². The molecule has 0 unspecified atom stereocenters. The van der Waals surface area contributed by atoms with Crippen molar-refractivity contribution in [3.05, 3.63) is 29.3 Å². The Kier molecular flexibility index (Phi) is 4.45. The van der Waals surface area contributed by atoms with E-state index in [0.29, 0.717) is 0 Å². The molecular formula is C11H15LiO3. The second kappa shape index (κ2) is 4.74. The molecule has 2 N–H and O–H groups in total. The summed E-state index contributed by atoms with van der Waals surface area (Å²) < 4.78 is 0. The van der Waals surface area contributed by atoms with Crippen LogP contribution >= 0.6 is 0 Å². The fraction of sp³-hybridized carbons (Fsp3) is 0.364. The molecule has 0 bridgehead atoms. The third kappa shape index (κ3) is 3.30. The van der Waals surface area contributed by atoms with E-state index in [1.165, 1.54) is 12.1 Å². The number of aromatic hydroxyl groups is 1. The molecular weight excluding hydrogens is 187 g/mol. The zero-order valence-electron chi connectivity index (χ0n) is 8.53. The zero-order valence-corrected chi connectivity index (χ0v) is 8.53. The summed E-state index contributed by atoms with van der Waals surface area (Å²) in [6, 6.07) is 4.67. The summed E-state index contributed by atoms with van der Waals surface area (Å²) >= 11 is 0. The monoisotopic (exact) mass is 202 g/mol. The quantitative estimate of drug-likeness (QED) is 0.682. The number of carboxylic acid groups (broad SMARTS) is 1. The van der Waals surface area contributed by atoms with E-state index < -0.39 is 5.97 Å². The van der Waals surface area contributed by atoms with Gasteiger partial charge in [0, 0.05) is 0 Å². The van der Waals surface area contributed by atoms with Crippen molar-refractivity contribution in [2.24, 2.45) is 0 Å².